The van der Waals surface area contributed by atoms with Gasteiger partial charge in [-0.05, 0) is 56.1 Å². The van der Waals surface area contributed by atoms with Crippen LogP contribution in [0, 0.1) is 4.77 Å². The van der Waals surface area contributed by atoms with Gasteiger partial charge in [0.15, 0.2) is 16.3 Å². The van der Waals surface area contributed by atoms with Crippen LogP contribution in [-0.4, -0.2) is 46.7 Å². The first kappa shape index (κ1) is 24.7. The molecule has 1 aromatic heterocycles. The number of rotatable bonds is 9. The van der Waals surface area contributed by atoms with E-state index in [2.05, 4.69) is 23.2 Å². The van der Waals surface area contributed by atoms with Crippen LogP contribution in [0.1, 0.15) is 38.7 Å². The number of aromatic amines is 1. The average Bonchev–Trinajstić information content (AvgIpc) is 2.87. The second-order valence-corrected chi connectivity index (χ2v) is 8.77. The lowest BCUT2D eigenvalue weighted by Gasteiger charge is -2.27. The molecule has 1 amide bonds. The Morgan fingerprint density at radius 3 is 2.46 bits per heavy atom. The standard InChI is InChI=1S/C27H31N3O4S/c1-3-33-23-17-21-22(18-24(23)34-4-2)28-27(35)30(26(21)32)14-8-11-25(31)29-15-12-20(13-16-29)19-9-6-5-7-10-19/h5-7,9-10,12,17-18H,3-4,8,11,13-16H2,1-2H3,(H,28,35). The van der Waals surface area contributed by atoms with Gasteiger partial charge in [-0.3, -0.25) is 14.2 Å². The van der Waals surface area contributed by atoms with E-state index in [0.29, 0.717) is 72.9 Å². The van der Waals surface area contributed by atoms with Gasteiger partial charge in [0, 0.05) is 32.1 Å². The summed E-state index contributed by atoms with van der Waals surface area (Å²) >= 11 is 5.45. The van der Waals surface area contributed by atoms with E-state index in [9.17, 15) is 9.59 Å². The van der Waals surface area contributed by atoms with Gasteiger partial charge in [-0.1, -0.05) is 36.4 Å². The SMILES string of the molecule is CCOc1cc2[nH]c(=S)n(CCCC(=O)N3CC=C(c4ccccc4)CC3)c(=O)c2cc1OCC. The van der Waals surface area contributed by atoms with Crippen molar-refractivity contribution in [3.8, 4) is 11.5 Å². The number of hydrogen-bond acceptors (Lipinski definition) is 5. The Hall–Kier alpha value is -3.39. The maximum Gasteiger partial charge on any atom is 0.262 e. The zero-order valence-electron chi connectivity index (χ0n) is 20.2. The third-order valence-electron chi connectivity index (χ3n) is 6.12. The van der Waals surface area contributed by atoms with Crippen molar-refractivity contribution < 1.29 is 14.3 Å². The fourth-order valence-corrected chi connectivity index (χ4v) is 4.64. The topological polar surface area (TPSA) is 76.6 Å². The summed E-state index contributed by atoms with van der Waals surface area (Å²) in [6, 6.07) is 13.7. The van der Waals surface area contributed by atoms with Gasteiger partial charge in [0.05, 0.1) is 24.1 Å². The molecule has 8 heteroatoms. The van der Waals surface area contributed by atoms with Crippen molar-refractivity contribution in [1.29, 1.82) is 0 Å². The molecule has 4 rings (SSSR count). The van der Waals surface area contributed by atoms with E-state index < -0.39 is 0 Å². The predicted octanol–water partition coefficient (Wildman–Crippen LogP) is 4.95. The molecule has 2 aromatic carbocycles. The number of hydrogen-bond donors (Lipinski definition) is 1. The zero-order chi connectivity index (χ0) is 24.8. The molecule has 184 valence electrons. The van der Waals surface area contributed by atoms with E-state index in [1.807, 2.05) is 36.9 Å². The van der Waals surface area contributed by atoms with Crippen LogP contribution in [0.5, 0.6) is 11.5 Å². The third-order valence-corrected chi connectivity index (χ3v) is 6.45. The maximum atomic E-state index is 13.2. The maximum absolute atomic E-state index is 13.2. The first-order valence-corrected chi connectivity index (χ1v) is 12.5. The molecular formula is C27H31N3O4S. The minimum atomic E-state index is -0.200. The number of carbonyl (C=O) groups is 1. The number of fused-ring (bicyclic) bond motifs is 1. The summed E-state index contributed by atoms with van der Waals surface area (Å²) in [5.74, 6) is 1.19. The van der Waals surface area contributed by atoms with Crippen LogP contribution in [0.2, 0.25) is 0 Å². The summed E-state index contributed by atoms with van der Waals surface area (Å²) in [4.78, 5) is 31.0. The molecule has 1 N–H and O–H groups in total. The number of carbonyl (C=O) groups excluding carboxylic acids is 1. The molecule has 0 bridgehead atoms. The van der Waals surface area contributed by atoms with E-state index in [1.165, 1.54) is 15.7 Å². The number of amides is 1. The van der Waals surface area contributed by atoms with E-state index in [0.717, 1.165) is 6.42 Å². The van der Waals surface area contributed by atoms with Crippen LogP contribution in [0.25, 0.3) is 16.5 Å². The lowest BCUT2D eigenvalue weighted by atomic mass is 9.99. The van der Waals surface area contributed by atoms with E-state index >= 15 is 0 Å². The van der Waals surface area contributed by atoms with Gasteiger partial charge in [0.25, 0.3) is 5.56 Å². The summed E-state index contributed by atoms with van der Waals surface area (Å²) in [5, 5.41) is 0.478. The highest BCUT2D eigenvalue weighted by atomic mass is 32.1. The van der Waals surface area contributed by atoms with Gasteiger partial charge in [0.2, 0.25) is 5.91 Å². The highest BCUT2D eigenvalue weighted by Crippen LogP contribution is 2.31. The molecule has 35 heavy (non-hydrogen) atoms. The Morgan fingerprint density at radius 1 is 1.09 bits per heavy atom. The third kappa shape index (κ3) is 5.65. The Balaban J connectivity index is 1.43. The van der Waals surface area contributed by atoms with Crippen LogP contribution in [0.3, 0.4) is 0 Å². The lowest BCUT2D eigenvalue weighted by molar-refractivity contribution is -0.130. The number of benzene rings is 2. The number of nitrogens with zero attached hydrogens (tertiary/aromatic N) is 2. The van der Waals surface area contributed by atoms with Crippen molar-refractivity contribution in [3.05, 3.63) is 69.2 Å². The Bertz CT molecular complexity index is 1340. The van der Waals surface area contributed by atoms with Crippen molar-refractivity contribution in [1.82, 2.24) is 14.5 Å². The molecular weight excluding hydrogens is 462 g/mol. The van der Waals surface area contributed by atoms with Crippen LogP contribution in [0.15, 0.2) is 53.3 Å². The van der Waals surface area contributed by atoms with E-state index in [4.69, 9.17) is 21.7 Å². The molecule has 0 saturated carbocycles. The summed E-state index contributed by atoms with van der Waals surface area (Å²) in [6.07, 6.45) is 3.87. The Kier molecular flexibility index (Phi) is 8.02. The van der Waals surface area contributed by atoms with Crippen molar-refractivity contribution in [3.63, 3.8) is 0 Å². The lowest BCUT2D eigenvalue weighted by Crippen LogP contribution is -2.34. The molecule has 1 aliphatic heterocycles. The second-order valence-electron chi connectivity index (χ2n) is 8.39. The van der Waals surface area contributed by atoms with E-state index in [1.54, 1.807) is 12.1 Å². The number of aromatic nitrogens is 2. The molecule has 1 aliphatic rings. The first-order valence-electron chi connectivity index (χ1n) is 12.1. The summed E-state index contributed by atoms with van der Waals surface area (Å²) < 4.78 is 13.2. The minimum Gasteiger partial charge on any atom is -0.490 e. The molecule has 0 spiro atoms. The molecule has 0 unspecified atom stereocenters. The van der Waals surface area contributed by atoms with Gasteiger partial charge in [0.1, 0.15) is 0 Å². The van der Waals surface area contributed by atoms with Gasteiger partial charge in [-0.25, -0.2) is 0 Å². The average molecular weight is 494 g/mol. The molecule has 0 fully saturated rings. The second kappa shape index (κ2) is 11.4. The van der Waals surface area contributed by atoms with E-state index in [-0.39, 0.29) is 11.5 Å². The van der Waals surface area contributed by atoms with Gasteiger partial charge < -0.3 is 19.4 Å². The van der Waals surface area contributed by atoms with Gasteiger partial charge in [-0.15, -0.1) is 0 Å². The summed E-state index contributed by atoms with van der Waals surface area (Å²) in [5.41, 5.74) is 2.90. The van der Waals surface area contributed by atoms with Crippen molar-refractivity contribution in [2.45, 2.75) is 39.7 Å². The highest BCUT2D eigenvalue weighted by Gasteiger charge is 2.18. The number of ether oxygens (including phenoxy) is 2. The molecule has 7 nitrogen and oxygen atoms in total. The summed E-state index contributed by atoms with van der Waals surface area (Å²) in [6.45, 7) is 6.41. The fourth-order valence-electron chi connectivity index (χ4n) is 4.36. The fraction of sp³-hybridized carbons (Fsp3) is 0.370. The Labute approximate surface area is 210 Å². The number of nitrogens with one attached hydrogen (secondary N) is 1. The predicted molar refractivity (Wildman–Crippen MR) is 141 cm³/mol. The normalized spacial score (nSPS) is 13.5. The van der Waals surface area contributed by atoms with Crippen LogP contribution in [-0.2, 0) is 11.3 Å². The number of H-pyrrole nitrogens is 1. The van der Waals surface area contributed by atoms with Crippen molar-refractivity contribution in [2.24, 2.45) is 0 Å². The molecule has 0 saturated heterocycles. The molecule has 0 radical (unpaired) electrons. The van der Waals surface area contributed by atoms with Crippen molar-refractivity contribution >= 4 is 34.6 Å². The van der Waals surface area contributed by atoms with Gasteiger partial charge >= 0.3 is 0 Å². The van der Waals surface area contributed by atoms with Gasteiger partial charge in [-0.2, -0.15) is 0 Å². The quantitative estimate of drug-likeness (QED) is 0.427. The smallest absolute Gasteiger partial charge is 0.262 e. The monoisotopic (exact) mass is 493 g/mol. The van der Waals surface area contributed by atoms with Crippen LogP contribution in [0.4, 0.5) is 0 Å². The highest BCUT2D eigenvalue weighted by molar-refractivity contribution is 7.71. The molecule has 3 aromatic rings. The van der Waals surface area contributed by atoms with Crippen LogP contribution < -0.4 is 15.0 Å². The van der Waals surface area contributed by atoms with Crippen LogP contribution >= 0.6 is 12.2 Å². The Morgan fingerprint density at radius 2 is 1.80 bits per heavy atom. The summed E-state index contributed by atoms with van der Waals surface area (Å²) in [7, 11) is 0. The zero-order valence-corrected chi connectivity index (χ0v) is 21.0. The van der Waals surface area contributed by atoms with Crippen molar-refractivity contribution in [2.75, 3.05) is 26.3 Å². The minimum absolute atomic E-state index is 0.0945. The molecule has 0 atom stereocenters. The molecule has 0 aliphatic carbocycles. The molecule has 2 heterocycles. The first-order chi connectivity index (χ1) is 17.0. The largest absolute Gasteiger partial charge is 0.490 e.